The molecular weight excluding hydrogens is 399 g/mol. The fourth-order valence-electron chi connectivity index (χ4n) is 4.14. The van der Waals surface area contributed by atoms with Crippen molar-refractivity contribution in [2.45, 2.75) is 19.3 Å². The molecule has 8 heteroatoms. The van der Waals surface area contributed by atoms with Gasteiger partial charge in [-0.2, -0.15) is 0 Å². The Hall–Kier alpha value is -3.42. The van der Waals surface area contributed by atoms with Crippen molar-refractivity contribution in [3.05, 3.63) is 64.3 Å². The van der Waals surface area contributed by atoms with Crippen LogP contribution in [0.3, 0.4) is 0 Å². The van der Waals surface area contributed by atoms with Gasteiger partial charge in [-0.3, -0.25) is 18.7 Å². The van der Waals surface area contributed by atoms with Gasteiger partial charge in [0.05, 0.1) is 23.4 Å². The lowest BCUT2D eigenvalue weighted by atomic mass is 9.96. The third-order valence-corrected chi connectivity index (χ3v) is 5.95. The molecule has 1 aliphatic rings. The van der Waals surface area contributed by atoms with Gasteiger partial charge in [-0.1, -0.05) is 12.1 Å². The van der Waals surface area contributed by atoms with E-state index in [2.05, 4.69) is 5.32 Å². The SMILES string of the molecule is Cn1c(=O)n(C)c2cc(NC(=O)C3CCCN(C(=O)Cc4ccc(F)cc4)C3)ccc21. The summed E-state index contributed by atoms with van der Waals surface area (Å²) in [6.07, 6.45) is 1.64. The van der Waals surface area contributed by atoms with Gasteiger partial charge in [-0.05, 0) is 48.7 Å². The molecule has 0 radical (unpaired) electrons. The summed E-state index contributed by atoms with van der Waals surface area (Å²) in [7, 11) is 3.41. The second-order valence-electron chi connectivity index (χ2n) is 8.08. The number of imidazole rings is 1. The number of halogens is 1. The fraction of sp³-hybridized carbons (Fsp3) is 0.348. The maximum atomic E-state index is 13.1. The van der Waals surface area contributed by atoms with Gasteiger partial charge in [-0.25, -0.2) is 9.18 Å². The number of likely N-dealkylation sites (tertiary alicyclic amines) is 1. The molecule has 1 aliphatic heterocycles. The average molecular weight is 424 g/mol. The summed E-state index contributed by atoms with van der Waals surface area (Å²) < 4.78 is 16.2. The number of benzene rings is 2. The second kappa shape index (κ2) is 8.37. The Labute approximate surface area is 179 Å². The van der Waals surface area contributed by atoms with Crippen LogP contribution in [0.2, 0.25) is 0 Å². The van der Waals surface area contributed by atoms with Crippen LogP contribution in [-0.2, 0) is 30.1 Å². The maximum absolute atomic E-state index is 13.1. The summed E-state index contributed by atoms with van der Waals surface area (Å²) in [4.78, 5) is 39.3. The number of fused-ring (bicyclic) bond motifs is 1. The average Bonchev–Trinajstić information content (AvgIpc) is 2.99. The summed E-state index contributed by atoms with van der Waals surface area (Å²) in [5, 5.41) is 2.93. The zero-order valence-corrected chi connectivity index (χ0v) is 17.6. The lowest BCUT2D eigenvalue weighted by Crippen LogP contribution is -2.44. The summed E-state index contributed by atoms with van der Waals surface area (Å²) in [6.45, 7) is 0.972. The maximum Gasteiger partial charge on any atom is 0.328 e. The predicted octanol–water partition coefficient (Wildman–Crippen LogP) is 2.44. The molecule has 0 spiro atoms. The minimum Gasteiger partial charge on any atom is -0.342 e. The van der Waals surface area contributed by atoms with Crippen LogP contribution in [0.5, 0.6) is 0 Å². The number of nitrogens with zero attached hydrogens (tertiary/aromatic N) is 3. The third-order valence-electron chi connectivity index (χ3n) is 5.95. The van der Waals surface area contributed by atoms with E-state index in [1.165, 1.54) is 12.1 Å². The molecule has 0 saturated carbocycles. The van der Waals surface area contributed by atoms with Crippen LogP contribution < -0.4 is 11.0 Å². The second-order valence-corrected chi connectivity index (χ2v) is 8.08. The zero-order valence-electron chi connectivity index (χ0n) is 17.6. The van der Waals surface area contributed by atoms with Crippen molar-refractivity contribution in [2.75, 3.05) is 18.4 Å². The first-order valence-electron chi connectivity index (χ1n) is 10.3. The molecule has 162 valence electrons. The lowest BCUT2D eigenvalue weighted by Gasteiger charge is -2.32. The molecule has 0 bridgehead atoms. The summed E-state index contributed by atoms with van der Waals surface area (Å²) >= 11 is 0. The predicted molar refractivity (Wildman–Crippen MR) is 116 cm³/mol. The first-order valence-corrected chi connectivity index (χ1v) is 10.3. The number of anilines is 1. The number of aryl methyl sites for hydroxylation is 2. The van der Waals surface area contributed by atoms with E-state index in [9.17, 15) is 18.8 Å². The van der Waals surface area contributed by atoms with Gasteiger partial charge in [0.25, 0.3) is 0 Å². The van der Waals surface area contributed by atoms with Crippen molar-refractivity contribution in [3.8, 4) is 0 Å². The summed E-state index contributed by atoms with van der Waals surface area (Å²) in [5.74, 6) is -0.842. The van der Waals surface area contributed by atoms with Crippen molar-refractivity contribution in [3.63, 3.8) is 0 Å². The van der Waals surface area contributed by atoms with E-state index < -0.39 is 0 Å². The number of rotatable bonds is 4. The largest absolute Gasteiger partial charge is 0.342 e. The van der Waals surface area contributed by atoms with Crippen LogP contribution in [0, 0.1) is 11.7 Å². The van der Waals surface area contributed by atoms with Crippen LogP contribution >= 0.6 is 0 Å². The number of nitrogens with one attached hydrogen (secondary N) is 1. The Morgan fingerprint density at radius 1 is 1.06 bits per heavy atom. The molecule has 3 aromatic rings. The van der Waals surface area contributed by atoms with Gasteiger partial charge in [0.1, 0.15) is 5.82 Å². The highest BCUT2D eigenvalue weighted by Crippen LogP contribution is 2.22. The lowest BCUT2D eigenvalue weighted by molar-refractivity contribution is -0.133. The zero-order chi connectivity index (χ0) is 22.1. The van der Waals surface area contributed by atoms with Gasteiger partial charge < -0.3 is 10.2 Å². The quantitative estimate of drug-likeness (QED) is 0.699. The molecule has 0 aliphatic carbocycles. The minimum absolute atomic E-state index is 0.0650. The number of carbonyl (C=O) groups excluding carboxylic acids is 2. The van der Waals surface area contributed by atoms with Gasteiger partial charge in [0.2, 0.25) is 11.8 Å². The monoisotopic (exact) mass is 424 g/mol. The van der Waals surface area contributed by atoms with Crippen LogP contribution in [0.15, 0.2) is 47.3 Å². The first-order chi connectivity index (χ1) is 14.8. The van der Waals surface area contributed by atoms with Crippen molar-refractivity contribution in [1.82, 2.24) is 14.0 Å². The van der Waals surface area contributed by atoms with E-state index >= 15 is 0 Å². The van der Waals surface area contributed by atoms with Gasteiger partial charge in [-0.15, -0.1) is 0 Å². The molecule has 1 unspecified atom stereocenters. The summed E-state index contributed by atoms with van der Waals surface area (Å²) in [5.41, 5.74) is 2.78. The standard InChI is InChI=1S/C23H25FN4O3/c1-26-19-10-9-18(13-20(19)27(2)23(26)31)25-22(30)16-4-3-11-28(14-16)21(29)12-15-5-7-17(24)8-6-15/h5-10,13,16H,3-4,11-12,14H2,1-2H3,(H,25,30). The van der Waals surface area contributed by atoms with E-state index in [1.807, 2.05) is 6.07 Å². The molecule has 4 rings (SSSR count). The van der Waals surface area contributed by atoms with Crippen LogP contribution in [0.4, 0.5) is 10.1 Å². The highest BCUT2D eigenvalue weighted by Gasteiger charge is 2.28. The number of carbonyl (C=O) groups is 2. The van der Waals surface area contributed by atoms with Gasteiger partial charge >= 0.3 is 5.69 Å². The van der Waals surface area contributed by atoms with Crippen LogP contribution in [0.1, 0.15) is 18.4 Å². The summed E-state index contributed by atoms with van der Waals surface area (Å²) in [6, 6.07) is 11.3. The van der Waals surface area contributed by atoms with Crippen LogP contribution in [0.25, 0.3) is 11.0 Å². The minimum atomic E-state index is -0.334. The number of hydrogen-bond acceptors (Lipinski definition) is 3. The Bertz CT molecular complexity index is 1200. The van der Waals surface area contributed by atoms with E-state index in [-0.39, 0.29) is 35.7 Å². The molecule has 7 nitrogen and oxygen atoms in total. The van der Waals surface area contributed by atoms with Gasteiger partial charge in [0.15, 0.2) is 0 Å². The molecule has 1 aromatic heterocycles. The fourth-order valence-corrected chi connectivity index (χ4v) is 4.14. The first kappa shape index (κ1) is 20.8. The number of aromatic nitrogens is 2. The third kappa shape index (κ3) is 4.23. The van der Waals surface area contributed by atoms with Crippen molar-refractivity contribution < 1.29 is 14.0 Å². The van der Waals surface area contributed by atoms with E-state index in [4.69, 9.17) is 0 Å². The Morgan fingerprint density at radius 3 is 2.52 bits per heavy atom. The highest BCUT2D eigenvalue weighted by molar-refractivity contribution is 5.95. The number of piperidine rings is 1. The molecule has 1 fully saturated rings. The van der Waals surface area contributed by atoms with Crippen LogP contribution in [-0.4, -0.2) is 38.9 Å². The molecule has 2 aromatic carbocycles. The molecule has 31 heavy (non-hydrogen) atoms. The Balaban J connectivity index is 1.42. The van der Waals surface area contributed by atoms with E-state index in [0.717, 1.165) is 23.0 Å². The molecule has 2 heterocycles. The number of amides is 2. The van der Waals surface area contributed by atoms with Crippen molar-refractivity contribution in [2.24, 2.45) is 20.0 Å². The molecule has 1 saturated heterocycles. The Kier molecular flexibility index (Phi) is 5.63. The highest BCUT2D eigenvalue weighted by atomic mass is 19.1. The van der Waals surface area contributed by atoms with E-state index in [0.29, 0.717) is 25.2 Å². The Morgan fingerprint density at radius 2 is 1.77 bits per heavy atom. The van der Waals surface area contributed by atoms with E-state index in [1.54, 1.807) is 52.4 Å². The van der Waals surface area contributed by atoms with Crippen molar-refractivity contribution >= 4 is 28.5 Å². The molecule has 1 atom stereocenters. The normalized spacial score (nSPS) is 16.5. The van der Waals surface area contributed by atoms with Crippen molar-refractivity contribution in [1.29, 1.82) is 0 Å². The molecule has 1 N–H and O–H groups in total. The molecular formula is C23H25FN4O3. The smallest absolute Gasteiger partial charge is 0.328 e. The number of hydrogen-bond donors (Lipinski definition) is 1. The molecule has 2 amide bonds. The topological polar surface area (TPSA) is 76.3 Å². The van der Waals surface area contributed by atoms with Gasteiger partial charge in [0, 0.05) is 32.9 Å².